The molecule has 1 aromatic carbocycles. The van der Waals surface area contributed by atoms with Crippen LogP contribution in [0.3, 0.4) is 0 Å². The second kappa shape index (κ2) is 4.88. The van der Waals surface area contributed by atoms with Gasteiger partial charge in [-0.3, -0.25) is 14.4 Å². The lowest BCUT2D eigenvalue weighted by Gasteiger charge is -2.08. The zero-order valence-electron chi connectivity index (χ0n) is 9.90. The molecule has 0 amide bonds. The minimum absolute atomic E-state index is 0.0827. The lowest BCUT2D eigenvalue weighted by atomic mass is 9.95. The van der Waals surface area contributed by atoms with Crippen LogP contribution in [0.15, 0.2) is 48.1 Å². The van der Waals surface area contributed by atoms with Gasteiger partial charge in [0.25, 0.3) is 0 Å². The Hall–Kier alpha value is -2.50. The fraction of sp³-hybridized carbons (Fsp3) is 0.0714. The molecule has 0 saturated heterocycles. The number of ketones is 3. The van der Waals surface area contributed by atoms with E-state index in [1.165, 1.54) is 0 Å². The third kappa shape index (κ3) is 2.74. The monoisotopic (exact) mass is 280 g/mol. The number of benzene rings is 1. The van der Waals surface area contributed by atoms with Gasteiger partial charge in [-0.2, -0.15) is 13.2 Å². The molecule has 0 fully saturated rings. The van der Waals surface area contributed by atoms with Crippen molar-refractivity contribution in [2.45, 2.75) is 6.18 Å². The van der Waals surface area contributed by atoms with Crippen molar-refractivity contribution in [2.75, 3.05) is 0 Å². The fourth-order valence-corrected chi connectivity index (χ4v) is 1.65. The summed E-state index contributed by atoms with van der Waals surface area (Å²) in [5.74, 6) is -1.93. The van der Waals surface area contributed by atoms with Gasteiger partial charge >= 0.3 is 6.18 Å². The molecule has 0 heterocycles. The molecule has 0 spiro atoms. The van der Waals surface area contributed by atoms with Gasteiger partial charge in [-0.1, -0.05) is 12.1 Å². The highest BCUT2D eigenvalue weighted by Gasteiger charge is 2.30. The molecule has 0 unspecified atom stereocenters. The first-order valence-electron chi connectivity index (χ1n) is 5.49. The highest BCUT2D eigenvalue weighted by atomic mass is 19.4. The van der Waals surface area contributed by atoms with Gasteiger partial charge in [-0.05, 0) is 24.3 Å². The minimum Gasteiger partial charge on any atom is -0.290 e. The SMILES string of the molecule is O=C1C=CC(=O)C(C(=O)c2ccc(C(F)(F)F)cc2)=C1. The summed E-state index contributed by atoms with van der Waals surface area (Å²) in [7, 11) is 0. The van der Waals surface area contributed by atoms with Crippen molar-refractivity contribution < 1.29 is 27.6 Å². The Labute approximate surface area is 111 Å². The summed E-state index contributed by atoms with van der Waals surface area (Å²) in [5.41, 5.74) is -1.33. The normalized spacial score (nSPS) is 15.2. The molecule has 1 aliphatic carbocycles. The fourth-order valence-electron chi connectivity index (χ4n) is 1.65. The van der Waals surface area contributed by atoms with Crippen LogP contribution in [-0.4, -0.2) is 17.3 Å². The molecule has 0 N–H and O–H groups in total. The largest absolute Gasteiger partial charge is 0.416 e. The van der Waals surface area contributed by atoms with Crippen molar-refractivity contribution in [1.82, 2.24) is 0 Å². The third-order valence-electron chi connectivity index (χ3n) is 2.67. The Balaban J connectivity index is 2.31. The molecule has 0 aliphatic heterocycles. The van der Waals surface area contributed by atoms with E-state index in [-0.39, 0.29) is 11.1 Å². The summed E-state index contributed by atoms with van der Waals surface area (Å²) in [4.78, 5) is 34.6. The molecule has 0 aromatic heterocycles. The second-order valence-corrected chi connectivity index (χ2v) is 4.06. The summed E-state index contributed by atoms with van der Waals surface area (Å²) in [6.07, 6.45) is -1.64. The molecule has 20 heavy (non-hydrogen) atoms. The van der Waals surface area contributed by atoms with Gasteiger partial charge in [0.15, 0.2) is 17.3 Å². The van der Waals surface area contributed by atoms with E-state index in [1.807, 2.05) is 0 Å². The van der Waals surface area contributed by atoms with Crippen LogP contribution >= 0.6 is 0 Å². The zero-order valence-corrected chi connectivity index (χ0v) is 9.90. The van der Waals surface area contributed by atoms with Crippen molar-refractivity contribution in [3.05, 3.63) is 59.2 Å². The number of allylic oxidation sites excluding steroid dienone is 4. The molecule has 0 radical (unpaired) electrons. The smallest absolute Gasteiger partial charge is 0.290 e. The summed E-state index contributed by atoms with van der Waals surface area (Å²) in [6, 6.07) is 3.45. The van der Waals surface area contributed by atoms with Crippen molar-refractivity contribution in [3.63, 3.8) is 0 Å². The second-order valence-electron chi connectivity index (χ2n) is 4.06. The summed E-state index contributed by atoms with van der Waals surface area (Å²) >= 11 is 0. The van der Waals surface area contributed by atoms with Gasteiger partial charge in [-0.25, -0.2) is 0 Å². The molecule has 0 bridgehead atoms. The maximum absolute atomic E-state index is 12.4. The number of Topliss-reactive ketones (excluding diaryl/α,β-unsaturated/α-hetero) is 1. The van der Waals surface area contributed by atoms with Crippen molar-refractivity contribution in [3.8, 4) is 0 Å². The molecule has 3 nitrogen and oxygen atoms in total. The Morgan fingerprint density at radius 2 is 1.55 bits per heavy atom. The van der Waals surface area contributed by atoms with Gasteiger partial charge in [0.05, 0.1) is 11.1 Å². The van der Waals surface area contributed by atoms with Gasteiger partial charge < -0.3 is 0 Å². The van der Waals surface area contributed by atoms with Crippen molar-refractivity contribution >= 4 is 17.3 Å². The molecule has 102 valence electrons. The molecule has 6 heteroatoms. The molecule has 2 rings (SSSR count). The van der Waals surface area contributed by atoms with Crippen LogP contribution in [-0.2, 0) is 15.8 Å². The van der Waals surface area contributed by atoms with Gasteiger partial charge in [0.2, 0.25) is 0 Å². The Morgan fingerprint density at radius 1 is 0.950 bits per heavy atom. The summed E-state index contributed by atoms with van der Waals surface area (Å²) in [6.45, 7) is 0. The van der Waals surface area contributed by atoms with E-state index < -0.39 is 29.1 Å². The average molecular weight is 280 g/mol. The number of hydrogen-bond acceptors (Lipinski definition) is 3. The van der Waals surface area contributed by atoms with E-state index in [0.29, 0.717) is 0 Å². The summed E-state index contributed by atoms with van der Waals surface area (Å²) < 4.78 is 37.2. The molecule has 0 atom stereocenters. The van der Waals surface area contributed by atoms with Crippen LogP contribution in [0.1, 0.15) is 15.9 Å². The van der Waals surface area contributed by atoms with Gasteiger partial charge in [-0.15, -0.1) is 0 Å². The molecular weight excluding hydrogens is 273 g/mol. The Kier molecular flexibility index (Phi) is 3.40. The number of carbonyl (C=O) groups is 3. The first-order chi connectivity index (χ1) is 9.29. The van der Waals surface area contributed by atoms with Gasteiger partial charge in [0.1, 0.15) is 0 Å². The number of halogens is 3. The first-order valence-corrected chi connectivity index (χ1v) is 5.49. The topological polar surface area (TPSA) is 51.2 Å². The highest BCUT2D eigenvalue weighted by Crippen LogP contribution is 2.29. The number of carbonyl (C=O) groups excluding carboxylic acids is 3. The Bertz CT molecular complexity index is 649. The van der Waals surface area contributed by atoms with E-state index >= 15 is 0 Å². The van der Waals surface area contributed by atoms with Crippen LogP contribution in [0, 0.1) is 0 Å². The average Bonchev–Trinajstić information content (AvgIpc) is 2.40. The van der Waals surface area contributed by atoms with E-state index in [1.54, 1.807) is 0 Å². The predicted molar refractivity (Wildman–Crippen MR) is 63.0 cm³/mol. The van der Waals surface area contributed by atoms with Crippen LogP contribution in [0.4, 0.5) is 13.2 Å². The maximum Gasteiger partial charge on any atom is 0.416 e. The van der Waals surface area contributed by atoms with Crippen molar-refractivity contribution in [2.24, 2.45) is 0 Å². The maximum atomic E-state index is 12.4. The van der Waals surface area contributed by atoms with Crippen LogP contribution < -0.4 is 0 Å². The number of hydrogen-bond donors (Lipinski definition) is 0. The first kappa shape index (κ1) is 13.9. The Morgan fingerprint density at radius 3 is 2.10 bits per heavy atom. The molecule has 1 aliphatic rings. The minimum atomic E-state index is -4.50. The number of rotatable bonds is 2. The van der Waals surface area contributed by atoms with E-state index in [0.717, 1.165) is 42.5 Å². The van der Waals surface area contributed by atoms with E-state index in [2.05, 4.69) is 0 Å². The van der Waals surface area contributed by atoms with E-state index in [9.17, 15) is 27.6 Å². The van der Waals surface area contributed by atoms with Gasteiger partial charge in [0, 0.05) is 11.6 Å². The number of alkyl halides is 3. The van der Waals surface area contributed by atoms with Crippen LogP contribution in [0.5, 0.6) is 0 Å². The van der Waals surface area contributed by atoms with Crippen LogP contribution in [0.25, 0.3) is 0 Å². The molecular formula is C14H7F3O3. The van der Waals surface area contributed by atoms with E-state index in [4.69, 9.17) is 0 Å². The lowest BCUT2D eigenvalue weighted by Crippen LogP contribution is -2.16. The zero-order chi connectivity index (χ0) is 14.9. The quantitative estimate of drug-likeness (QED) is 0.475. The molecule has 1 aromatic rings. The third-order valence-corrected chi connectivity index (χ3v) is 2.67. The highest BCUT2D eigenvalue weighted by molar-refractivity contribution is 6.34. The van der Waals surface area contributed by atoms with Crippen LogP contribution in [0.2, 0.25) is 0 Å². The van der Waals surface area contributed by atoms with Crippen molar-refractivity contribution in [1.29, 1.82) is 0 Å². The summed E-state index contributed by atoms with van der Waals surface area (Å²) in [5, 5.41) is 0. The molecule has 0 saturated carbocycles. The lowest BCUT2D eigenvalue weighted by molar-refractivity contribution is -0.137. The standard InChI is InChI=1S/C14H7F3O3/c15-14(16,17)9-3-1-8(2-4-9)13(20)11-7-10(18)5-6-12(11)19/h1-7H. The predicted octanol–water partition coefficient (Wildman–Crippen LogP) is 2.52.